The highest BCUT2D eigenvalue weighted by atomic mass is 32.2. The Morgan fingerprint density at radius 2 is 1.79 bits per heavy atom. The molecule has 1 aromatic heterocycles. The number of carbonyl (C=O) groups excluding carboxylic acids is 2. The van der Waals surface area contributed by atoms with Gasteiger partial charge in [-0.05, 0) is 69.3 Å². The van der Waals surface area contributed by atoms with Crippen molar-refractivity contribution in [1.82, 2.24) is 9.88 Å². The number of hydrogen-bond acceptors (Lipinski definition) is 6. The van der Waals surface area contributed by atoms with Gasteiger partial charge in [0.15, 0.2) is 0 Å². The standard InChI is InChI=1S/C22H27N3O3S/c1-2-28-22(27)17-6-9-19(10-7-17)24-21(26)18-8-11-20(23-16-18)29-15-14-25-12-4-3-5-13-25/h6-11,16H,2-5,12-15H2,1H3,(H,24,26). The molecule has 1 aliphatic rings. The van der Waals surface area contributed by atoms with Crippen LogP contribution in [-0.2, 0) is 4.74 Å². The zero-order valence-corrected chi connectivity index (χ0v) is 17.5. The van der Waals surface area contributed by atoms with E-state index in [2.05, 4.69) is 15.2 Å². The lowest BCUT2D eigenvalue weighted by Crippen LogP contribution is -2.31. The van der Waals surface area contributed by atoms with Crippen LogP contribution in [0.3, 0.4) is 0 Å². The molecular formula is C22H27N3O3S. The molecule has 2 aromatic rings. The first-order valence-corrected chi connectivity index (χ1v) is 11.0. The first-order valence-electron chi connectivity index (χ1n) is 10.1. The maximum Gasteiger partial charge on any atom is 0.338 e. The Morgan fingerprint density at radius 1 is 1.07 bits per heavy atom. The molecule has 6 nitrogen and oxygen atoms in total. The third-order valence-electron chi connectivity index (χ3n) is 4.76. The first-order chi connectivity index (χ1) is 14.2. The molecule has 1 aromatic carbocycles. The van der Waals surface area contributed by atoms with E-state index in [9.17, 15) is 9.59 Å². The number of benzene rings is 1. The number of amides is 1. The average molecular weight is 414 g/mol. The summed E-state index contributed by atoms with van der Waals surface area (Å²) in [5.41, 5.74) is 1.57. The van der Waals surface area contributed by atoms with Gasteiger partial charge in [0.2, 0.25) is 0 Å². The second kappa shape index (κ2) is 11.0. The summed E-state index contributed by atoms with van der Waals surface area (Å²) in [6.45, 7) is 5.58. The molecule has 0 unspecified atom stereocenters. The summed E-state index contributed by atoms with van der Waals surface area (Å²) >= 11 is 1.72. The van der Waals surface area contributed by atoms with Gasteiger partial charge in [-0.2, -0.15) is 0 Å². The zero-order valence-electron chi connectivity index (χ0n) is 16.7. The van der Waals surface area contributed by atoms with E-state index in [-0.39, 0.29) is 11.9 Å². The lowest BCUT2D eigenvalue weighted by atomic mass is 10.1. The number of anilines is 1. The predicted octanol–water partition coefficient (Wildman–Crippen LogP) is 4.09. The molecule has 0 radical (unpaired) electrons. The third-order valence-corrected chi connectivity index (χ3v) is 5.68. The number of ether oxygens (including phenoxy) is 1. The van der Waals surface area contributed by atoms with Crippen LogP contribution in [0, 0.1) is 0 Å². The second-order valence-corrected chi connectivity index (χ2v) is 8.00. The summed E-state index contributed by atoms with van der Waals surface area (Å²) < 4.78 is 4.95. The largest absolute Gasteiger partial charge is 0.462 e. The van der Waals surface area contributed by atoms with Crippen molar-refractivity contribution in [3.8, 4) is 0 Å². The molecule has 0 saturated carbocycles. The number of rotatable bonds is 8. The lowest BCUT2D eigenvalue weighted by Gasteiger charge is -2.25. The highest BCUT2D eigenvalue weighted by Gasteiger charge is 2.11. The quantitative estimate of drug-likeness (QED) is 0.519. The topological polar surface area (TPSA) is 71.5 Å². The fraction of sp³-hybridized carbons (Fsp3) is 0.409. The summed E-state index contributed by atoms with van der Waals surface area (Å²) in [7, 11) is 0. The highest BCUT2D eigenvalue weighted by Crippen LogP contribution is 2.18. The normalized spacial score (nSPS) is 14.4. The van der Waals surface area contributed by atoms with Crippen molar-refractivity contribution < 1.29 is 14.3 Å². The number of aromatic nitrogens is 1. The molecule has 0 aliphatic carbocycles. The van der Waals surface area contributed by atoms with E-state index in [1.807, 2.05) is 6.07 Å². The molecule has 1 saturated heterocycles. The van der Waals surface area contributed by atoms with Gasteiger partial charge in [0.05, 0.1) is 22.8 Å². The molecule has 0 spiro atoms. The number of nitrogens with one attached hydrogen (secondary N) is 1. The fourth-order valence-electron chi connectivity index (χ4n) is 3.17. The number of pyridine rings is 1. The second-order valence-electron chi connectivity index (χ2n) is 6.89. The van der Waals surface area contributed by atoms with Crippen LogP contribution in [0.25, 0.3) is 0 Å². The van der Waals surface area contributed by atoms with E-state index in [4.69, 9.17) is 4.74 Å². The van der Waals surface area contributed by atoms with Crippen LogP contribution in [0.5, 0.6) is 0 Å². The number of piperidine rings is 1. The van der Waals surface area contributed by atoms with Crippen LogP contribution < -0.4 is 5.32 Å². The van der Waals surface area contributed by atoms with Gasteiger partial charge in [0, 0.05) is 24.2 Å². The Bertz CT molecular complexity index is 803. The van der Waals surface area contributed by atoms with Gasteiger partial charge in [-0.25, -0.2) is 9.78 Å². The number of nitrogens with zero attached hydrogens (tertiary/aromatic N) is 2. The Labute approximate surface area is 176 Å². The minimum absolute atomic E-state index is 0.230. The van der Waals surface area contributed by atoms with E-state index in [0.29, 0.717) is 23.4 Å². The van der Waals surface area contributed by atoms with Crippen LogP contribution in [0.4, 0.5) is 5.69 Å². The Morgan fingerprint density at radius 3 is 2.45 bits per heavy atom. The maximum atomic E-state index is 12.4. The van der Waals surface area contributed by atoms with Gasteiger partial charge < -0.3 is 15.0 Å². The number of hydrogen-bond donors (Lipinski definition) is 1. The van der Waals surface area contributed by atoms with Gasteiger partial charge in [0.25, 0.3) is 5.91 Å². The number of carbonyl (C=O) groups is 2. The maximum absolute atomic E-state index is 12.4. The van der Waals surface area contributed by atoms with Crippen LogP contribution in [-0.4, -0.2) is 53.8 Å². The molecule has 0 atom stereocenters. The Balaban J connectivity index is 1.47. The third kappa shape index (κ3) is 6.58. The summed E-state index contributed by atoms with van der Waals surface area (Å²) in [5, 5.41) is 3.75. The van der Waals surface area contributed by atoms with E-state index < -0.39 is 0 Å². The smallest absolute Gasteiger partial charge is 0.338 e. The van der Waals surface area contributed by atoms with E-state index >= 15 is 0 Å². The van der Waals surface area contributed by atoms with Crippen LogP contribution in [0.1, 0.15) is 46.9 Å². The van der Waals surface area contributed by atoms with Crippen molar-refractivity contribution in [3.63, 3.8) is 0 Å². The van der Waals surface area contributed by atoms with Gasteiger partial charge in [-0.15, -0.1) is 11.8 Å². The Kier molecular flexibility index (Phi) is 8.07. The van der Waals surface area contributed by atoms with Crippen LogP contribution in [0.15, 0.2) is 47.6 Å². The molecule has 1 fully saturated rings. The molecule has 2 heterocycles. The number of likely N-dealkylation sites (tertiary alicyclic amines) is 1. The summed E-state index contributed by atoms with van der Waals surface area (Å²) in [6.07, 6.45) is 5.56. The molecule has 1 aliphatic heterocycles. The molecule has 154 valence electrons. The SMILES string of the molecule is CCOC(=O)c1ccc(NC(=O)c2ccc(SCCN3CCCCC3)nc2)cc1. The van der Waals surface area contributed by atoms with Crippen molar-refractivity contribution in [2.24, 2.45) is 0 Å². The van der Waals surface area contributed by atoms with Gasteiger partial charge in [-0.1, -0.05) is 6.42 Å². The van der Waals surface area contributed by atoms with Crippen molar-refractivity contribution in [3.05, 3.63) is 53.7 Å². The first kappa shape index (κ1) is 21.3. The van der Waals surface area contributed by atoms with E-state index in [1.165, 1.54) is 32.4 Å². The number of thioether (sulfide) groups is 1. The van der Waals surface area contributed by atoms with Gasteiger partial charge in [-0.3, -0.25) is 4.79 Å². The molecule has 7 heteroatoms. The summed E-state index contributed by atoms with van der Waals surface area (Å²) in [6, 6.07) is 10.3. The minimum Gasteiger partial charge on any atom is -0.462 e. The molecule has 1 N–H and O–H groups in total. The molecule has 0 bridgehead atoms. The van der Waals surface area contributed by atoms with Crippen LogP contribution >= 0.6 is 11.8 Å². The van der Waals surface area contributed by atoms with E-state index in [1.54, 1.807) is 55.2 Å². The average Bonchev–Trinajstić information content (AvgIpc) is 2.75. The molecule has 3 rings (SSSR count). The van der Waals surface area contributed by atoms with E-state index in [0.717, 1.165) is 17.3 Å². The van der Waals surface area contributed by atoms with Crippen molar-refractivity contribution in [2.75, 3.05) is 37.3 Å². The lowest BCUT2D eigenvalue weighted by molar-refractivity contribution is 0.0526. The predicted molar refractivity (Wildman–Crippen MR) is 116 cm³/mol. The van der Waals surface area contributed by atoms with Crippen molar-refractivity contribution in [2.45, 2.75) is 31.2 Å². The zero-order chi connectivity index (χ0) is 20.5. The van der Waals surface area contributed by atoms with Crippen LogP contribution in [0.2, 0.25) is 0 Å². The van der Waals surface area contributed by atoms with Gasteiger partial charge >= 0.3 is 5.97 Å². The summed E-state index contributed by atoms with van der Waals surface area (Å²) in [5.74, 6) is 0.403. The van der Waals surface area contributed by atoms with Crippen molar-refractivity contribution >= 4 is 29.3 Å². The summed E-state index contributed by atoms with van der Waals surface area (Å²) in [4.78, 5) is 31.0. The monoisotopic (exact) mass is 413 g/mol. The molecule has 29 heavy (non-hydrogen) atoms. The molecule has 1 amide bonds. The van der Waals surface area contributed by atoms with Crippen molar-refractivity contribution in [1.29, 1.82) is 0 Å². The highest BCUT2D eigenvalue weighted by molar-refractivity contribution is 7.99. The molecular weight excluding hydrogens is 386 g/mol. The fourth-order valence-corrected chi connectivity index (χ4v) is 4.02. The number of esters is 1. The minimum atomic E-state index is -0.372. The Hall–Kier alpha value is -2.38. The van der Waals surface area contributed by atoms with Gasteiger partial charge in [0.1, 0.15) is 0 Å².